The number of alkyl halides is 1. The molecule has 9 heavy (non-hydrogen) atoms. The molecular weight excluding hydrogens is 139 g/mol. The molecule has 0 bridgehead atoms. The van der Waals surface area contributed by atoms with E-state index in [1.54, 1.807) is 18.2 Å². The van der Waals surface area contributed by atoms with Crippen LogP contribution in [0, 0.1) is 6.07 Å². The van der Waals surface area contributed by atoms with Gasteiger partial charge in [-0.15, -0.1) is 0 Å². The van der Waals surface area contributed by atoms with Gasteiger partial charge in [0, 0.05) is 11.6 Å². The second kappa shape index (κ2) is 2.83. The van der Waals surface area contributed by atoms with E-state index in [2.05, 4.69) is 6.07 Å². The molecule has 0 aliphatic heterocycles. The summed E-state index contributed by atoms with van der Waals surface area (Å²) in [5, 5.41) is 0.375. The van der Waals surface area contributed by atoms with Gasteiger partial charge < -0.3 is 0 Å². The zero-order chi connectivity index (χ0) is 6.69. The van der Waals surface area contributed by atoms with E-state index in [-0.39, 0.29) is 0 Å². The van der Waals surface area contributed by atoms with Gasteiger partial charge in [0.2, 0.25) is 0 Å². The number of hydrogen-bond donors (Lipinski definition) is 0. The first kappa shape index (κ1) is 6.56. The second-order valence-corrected chi connectivity index (χ2v) is 2.02. The Morgan fingerprint density at radius 1 is 1.67 bits per heavy atom. The van der Waals surface area contributed by atoms with Gasteiger partial charge in [-0.25, -0.2) is 4.39 Å². The molecule has 0 aliphatic carbocycles. The molecule has 0 aliphatic rings. The maximum Gasteiger partial charge on any atom is 0.116 e. The standard InChI is InChI=1S/C7H5ClF/c8-7-4-2-1-3-6(7)5-9/h1-3H,5H2. The van der Waals surface area contributed by atoms with E-state index in [0.29, 0.717) is 10.6 Å². The quantitative estimate of drug-likeness (QED) is 0.567. The summed E-state index contributed by atoms with van der Waals surface area (Å²) in [6, 6.07) is 7.68. The number of rotatable bonds is 1. The third-order valence-electron chi connectivity index (χ3n) is 1.03. The fourth-order valence-electron chi connectivity index (χ4n) is 0.555. The molecule has 47 valence electrons. The van der Waals surface area contributed by atoms with Crippen LogP contribution in [0.5, 0.6) is 0 Å². The highest BCUT2D eigenvalue weighted by atomic mass is 35.5. The molecule has 0 saturated carbocycles. The minimum absolute atomic E-state index is 0.375. The molecule has 0 nitrogen and oxygen atoms in total. The van der Waals surface area contributed by atoms with Crippen molar-refractivity contribution in [3.05, 3.63) is 34.9 Å². The molecule has 0 amide bonds. The predicted octanol–water partition coefficient (Wildman–Crippen LogP) is 2.61. The summed E-state index contributed by atoms with van der Waals surface area (Å²) in [6.45, 7) is -0.518. The third kappa shape index (κ3) is 1.42. The van der Waals surface area contributed by atoms with Crippen LogP contribution in [0.3, 0.4) is 0 Å². The van der Waals surface area contributed by atoms with Gasteiger partial charge in [0.05, 0.1) is 5.02 Å². The molecule has 0 saturated heterocycles. The number of halogens is 2. The molecule has 0 spiro atoms. The van der Waals surface area contributed by atoms with Crippen molar-refractivity contribution in [2.24, 2.45) is 0 Å². The highest BCUT2D eigenvalue weighted by Gasteiger charge is 1.94. The van der Waals surface area contributed by atoms with Crippen molar-refractivity contribution in [2.75, 3.05) is 0 Å². The molecule has 2 heteroatoms. The third-order valence-corrected chi connectivity index (χ3v) is 1.38. The first-order valence-corrected chi connectivity index (χ1v) is 2.93. The van der Waals surface area contributed by atoms with Gasteiger partial charge in [-0.05, 0) is 0 Å². The normalized spacial score (nSPS) is 9.56. The fraction of sp³-hybridized carbons (Fsp3) is 0.143. The molecule has 1 aromatic carbocycles. The van der Waals surface area contributed by atoms with Crippen molar-refractivity contribution in [1.29, 1.82) is 0 Å². The molecule has 0 aromatic heterocycles. The Morgan fingerprint density at radius 2 is 2.44 bits per heavy atom. The van der Waals surface area contributed by atoms with E-state index in [4.69, 9.17) is 11.6 Å². The smallest absolute Gasteiger partial charge is 0.116 e. The minimum atomic E-state index is -0.518. The second-order valence-electron chi connectivity index (χ2n) is 1.64. The molecule has 1 aromatic rings. The highest BCUT2D eigenvalue weighted by Crippen LogP contribution is 2.14. The molecule has 0 heterocycles. The lowest BCUT2D eigenvalue weighted by Gasteiger charge is -1.93. The minimum Gasteiger partial charge on any atom is -0.246 e. The first-order valence-electron chi connectivity index (χ1n) is 2.55. The zero-order valence-electron chi connectivity index (χ0n) is 4.70. The van der Waals surface area contributed by atoms with E-state index in [0.717, 1.165) is 0 Å². The lowest BCUT2D eigenvalue weighted by atomic mass is 10.2. The summed E-state index contributed by atoms with van der Waals surface area (Å²) in [4.78, 5) is 0. The van der Waals surface area contributed by atoms with Gasteiger partial charge in [-0.2, -0.15) is 0 Å². The van der Waals surface area contributed by atoms with E-state index in [9.17, 15) is 4.39 Å². The lowest BCUT2D eigenvalue weighted by Crippen LogP contribution is -1.77. The molecule has 0 unspecified atom stereocenters. The van der Waals surface area contributed by atoms with Crippen LogP contribution in [-0.4, -0.2) is 0 Å². The fourth-order valence-corrected chi connectivity index (χ4v) is 0.731. The van der Waals surface area contributed by atoms with Crippen molar-refractivity contribution >= 4 is 11.6 Å². The zero-order valence-corrected chi connectivity index (χ0v) is 5.45. The molecular formula is C7H5ClF. The van der Waals surface area contributed by atoms with E-state index < -0.39 is 6.67 Å². The Morgan fingerprint density at radius 3 is 2.89 bits per heavy atom. The predicted molar refractivity (Wildman–Crippen MR) is 35.1 cm³/mol. The van der Waals surface area contributed by atoms with Gasteiger partial charge in [-0.1, -0.05) is 29.8 Å². The van der Waals surface area contributed by atoms with Crippen molar-refractivity contribution in [1.82, 2.24) is 0 Å². The van der Waals surface area contributed by atoms with Crippen molar-refractivity contribution in [3.63, 3.8) is 0 Å². The molecule has 1 radical (unpaired) electrons. The Kier molecular flexibility index (Phi) is 2.06. The van der Waals surface area contributed by atoms with Gasteiger partial charge in [0.1, 0.15) is 6.67 Å². The topological polar surface area (TPSA) is 0 Å². The molecule has 0 N–H and O–H groups in total. The van der Waals surface area contributed by atoms with Crippen LogP contribution in [0.15, 0.2) is 18.2 Å². The van der Waals surface area contributed by atoms with E-state index >= 15 is 0 Å². The number of benzene rings is 1. The summed E-state index contributed by atoms with van der Waals surface area (Å²) < 4.78 is 11.9. The maximum absolute atomic E-state index is 11.9. The van der Waals surface area contributed by atoms with Crippen molar-refractivity contribution in [2.45, 2.75) is 6.67 Å². The first-order chi connectivity index (χ1) is 4.34. The van der Waals surface area contributed by atoms with E-state index in [1.165, 1.54) is 0 Å². The van der Waals surface area contributed by atoms with Crippen LogP contribution >= 0.6 is 11.6 Å². The van der Waals surface area contributed by atoms with Crippen LogP contribution in [0.1, 0.15) is 5.56 Å². The SMILES string of the molecule is FCc1ccc[c]c1Cl. The highest BCUT2D eigenvalue weighted by molar-refractivity contribution is 6.31. The van der Waals surface area contributed by atoms with Crippen LogP contribution in [-0.2, 0) is 6.67 Å². The van der Waals surface area contributed by atoms with Crippen LogP contribution in [0.2, 0.25) is 5.02 Å². The van der Waals surface area contributed by atoms with Crippen molar-refractivity contribution in [3.8, 4) is 0 Å². The van der Waals surface area contributed by atoms with Gasteiger partial charge in [0.25, 0.3) is 0 Å². The Labute approximate surface area is 58.3 Å². The summed E-state index contributed by atoms with van der Waals surface area (Å²) in [5.41, 5.74) is 0.499. The lowest BCUT2D eigenvalue weighted by molar-refractivity contribution is 0.485. The Balaban J connectivity index is 3.01. The van der Waals surface area contributed by atoms with Crippen LogP contribution in [0.25, 0.3) is 0 Å². The molecule has 0 fully saturated rings. The van der Waals surface area contributed by atoms with Gasteiger partial charge in [0.15, 0.2) is 0 Å². The monoisotopic (exact) mass is 143 g/mol. The summed E-state index contributed by atoms with van der Waals surface area (Å²) >= 11 is 5.53. The summed E-state index contributed by atoms with van der Waals surface area (Å²) in [6.07, 6.45) is 0. The number of hydrogen-bond acceptors (Lipinski definition) is 0. The van der Waals surface area contributed by atoms with Crippen LogP contribution < -0.4 is 0 Å². The van der Waals surface area contributed by atoms with Gasteiger partial charge in [-0.3, -0.25) is 0 Å². The summed E-state index contributed by atoms with van der Waals surface area (Å²) in [5.74, 6) is 0. The summed E-state index contributed by atoms with van der Waals surface area (Å²) in [7, 11) is 0. The average Bonchev–Trinajstić information content (AvgIpc) is 1.89. The largest absolute Gasteiger partial charge is 0.246 e. The van der Waals surface area contributed by atoms with Gasteiger partial charge >= 0.3 is 0 Å². The Bertz CT molecular complexity index is 198. The average molecular weight is 144 g/mol. The van der Waals surface area contributed by atoms with Crippen LogP contribution in [0.4, 0.5) is 4.39 Å². The molecule has 0 atom stereocenters. The molecule has 1 rings (SSSR count). The Hall–Kier alpha value is -0.560. The van der Waals surface area contributed by atoms with Crippen molar-refractivity contribution < 1.29 is 4.39 Å². The van der Waals surface area contributed by atoms with E-state index in [1.807, 2.05) is 0 Å². The maximum atomic E-state index is 11.9.